The predicted molar refractivity (Wildman–Crippen MR) is 47.3 cm³/mol. The van der Waals surface area contributed by atoms with Crippen LogP contribution in [0.3, 0.4) is 0 Å². The minimum absolute atomic E-state index is 0.0703. The molecule has 72 valence electrons. The summed E-state index contributed by atoms with van der Waals surface area (Å²) in [5.41, 5.74) is -0.0924. The molecule has 0 radical (unpaired) electrons. The van der Waals surface area contributed by atoms with Crippen molar-refractivity contribution in [2.24, 2.45) is 0 Å². The Morgan fingerprint density at radius 1 is 1.62 bits per heavy atom. The highest BCUT2D eigenvalue weighted by atomic mass is 35.5. The van der Waals surface area contributed by atoms with Crippen LogP contribution in [-0.2, 0) is 14.3 Å². The number of aliphatic carboxylic acids is 1. The summed E-state index contributed by atoms with van der Waals surface area (Å²) in [4.78, 5) is 21.1. The van der Waals surface area contributed by atoms with Crippen LogP contribution in [0, 0.1) is 0 Å². The van der Waals surface area contributed by atoms with E-state index in [4.69, 9.17) is 16.7 Å². The first-order valence-corrected chi connectivity index (χ1v) is 3.89. The zero-order chi connectivity index (χ0) is 10.4. The van der Waals surface area contributed by atoms with Crippen molar-refractivity contribution in [3.63, 3.8) is 0 Å². The molecule has 4 nitrogen and oxygen atoms in total. The van der Waals surface area contributed by atoms with Gasteiger partial charge in [-0.15, -0.1) is 11.6 Å². The van der Waals surface area contributed by atoms with E-state index in [0.29, 0.717) is 0 Å². The lowest BCUT2D eigenvalue weighted by atomic mass is 10.3. The molecule has 0 saturated carbocycles. The topological polar surface area (TPSA) is 63.6 Å². The van der Waals surface area contributed by atoms with Crippen LogP contribution in [0.15, 0.2) is 24.0 Å². The SMILES string of the molecule is C=CC(=O)OC(CCl)=C(C)C(=O)O. The van der Waals surface area contributed by atoms with Gasteiger partial charge in [0, 0.05) is 6.08 Å². The van der Waals surface area contributed by atoms with E-state index in [1.54, 1.807) is 0 Å². The molecular formula is C8H9ClO4. The lowest BCUT2D eigenvalue weighted by Gasteiger charge is -2.04. The lowest BCUT2D eigenvalue weighted by Crippen LogP contribution is -2.08. The van der Waals surface area contributed by atoms with Gasteiger partial charge in [0.05, 0.1) is 11.5 Å². The summed E-state index contributed by atoms with van der Waals surface area (Å²) in [6, 6.07) is 0. The monoisotopic (exact) mass is 204 g/mol. The smallest absolute Gasteiger partial charge is 0.335 e. The maximum atomic E-state index is 10.7. The minimum Gasteiger partial charge on any atom is -0.478 e. The molecule has 0 spiro atoms. The zero-order valence-electron chi connectivity index (χ0n) is 7.04. The van der Waals surface area contributed by atoms with Crippen molar-refractivity contribution < 1.29 is 19.4 Å². The van der Waals surface area contributed by atoms with Crippen molar-refractivity contribution in [2.45, 2.75) is 6.92 Å². The molecule has 5 heteroatoms. The molecule has 0 heterocycles. The van der Waals surface area contributed by atoms with Crippen LogP contribution >= 0.6 is 11.6 Å². The van der Waals surface area contributed by atoms with E-state index in [9.17, 15) is 9.59 Å². The summed E-state index contributed by atoms with van der Waals surface area (Å²) in [5.74, 6) is -2.14. The van der Waals surface area contributed by atoms with Crippen molar-refractivity contribution in [2.75, 3.05) is 5.88 Å². The summed E-state index contributed by atoms with van der Waals surface area (Å²) < 4.78 is 4.58. The van der Waals surface area contributed by atoms with Crippen LogP contribution in [0.25, 0.3) is 0 Å². The number of alkyl halides is 1. The second-order valence-electron chi connectivity index (χ2n) is 2.11. The molecule has 0 saturated heterocycles. The molecule has 13 heavy (non-hydrogen) atoms. The number of carboxylic acids is 1. The molecule has 0 aromatic heterocycles. The molecule has 1 N–H and O–H groups in total. The Hall–Kier alpha value is -1.29. The molecule has 0 unspecified atom stereocenters. The molecule has 0 aromatic rings. The largest absolute Gasteiger partial charge is 0.478 e. The maximum Gasteiger partial charge on any atom is 0.335 e. The molecule has 0 rings (SSSR count). The number of hydrogen-bond acceptors (Lipinski definition) is 3. The molecule has 0 aromatic carbocycles. The third kappa shape index (κ3) is 3.75. The van der Waals surface area contributed by atoms with Crippen molar-refractivity contribution in [1.29, 1.82) is 0 Å². The highest BCUT2D eigenvalue weighted by Gasteiger charge is 2.11. The molecule has 0 aliphatic carbocycles. The third-order valence-electron chi connectivity index (χ3n) is 1.25. The first-order valence-electron chi connectivity index (χ1n) is 3.36. The van der Waals surface area contributed by atoms with Crippen LogP contribution < -0.4 is 0 Å². The fourth-order valence-electron chi connectivity index (χ4n) is 0.486. The van der Waals surface area contributed by atoms with Gasteiger partial charge in [0.25, 0.3) is 0 Å². The standard InChI is InChI=1S/C8H9ClO4/c1-3-7(10)13-6(4-9)5(2)8(11)12/h3H,1,4H2,2H3,(H,11,12). The van der Waals surface area contributed by atoms with Gasteiger partial charge < -0.3 is 9.84 Å². The van der Waals surface area contributed by atoms with Crippen molar-refractivity contribution in [3.8, 4) is 0 Å². The van der Waals surface area contributed by atoms with Gasteiger partial charge in [-0.3, -0.25) is 0 Å². The van der Waals surface area contributed by atoms with E-state index in [1.165, 1.54) is 6.92 Å². The molecule has 0 fully saturated rings. The number of hydrogen-bond donors (Lipinski definition) is 1. The second-order valence-corrected chi connectivity index (χ2v) is 2.38. The summed E-state index contributed by atoms with van der Waals surface area (Å²) in [7, 11) is 0. The summed E-state index contributed by atoms with van der Waals surface area (Å²) in [5, 5.41) is 8.54. The van der Waals surface area contributed by atoms with Crippen molar-refractivity contribution >= 4 is 23.5 Å². The Bertz CT molecular complexity index is 267. The third-order valence-corrected chi connectivity index (χ3v) is 1.49. The van der Waals surface area contributed by atoms with E-state index in [2.05, 4.69) is 11.3 Å². The first kappa shape index (κ1) is 11.7. The molecule has 0 atom stereocenters. The highest BCUT2D eigenvalue weighted by molar-refractivity contribution is 6.19. The molecular weight excluding hydrogens is 196 g/mol. The number of ether oxygens (including phenoxy) is 1. The highest BCUT2D eigenvalue weighted by Crippen LogP contribution is 2.08. The number of carboxylic acid groups (broad SMARTS) is 1. The number of rotatable bonds is 4. The van der Waals surface area contributed by atoms with Gasteiger partial charge in [-0.25, -0.2) is 9.59 Å². The average Bonchev–Trinajstić information content (AvgIpc) is 2.12. The van der Waals surface area contributed by atoms with Gasteiger partial charge in [0.1, 0.15) is 5.76 Å². The van der Waals surface area contributed by atoms with Gasteiger partial charge in [-0.2, -0.15) is 0 Å². The van der Waals surface area contributed by atoms with Gasteiger partial charge in [-0.1, -0.05) is 6.58 Å². The predicted octanol–water partition coefficient (Wildman–Crippen LogP) is 1.31. The van der Waals surface area contributed by atoms with E-state index < -0.39 is 11.9 Å². The molecule has 0 aliphatic heterocycles. The second kappa shape index (κ2) is 5.37. The van der Waals surface area contributed by atoms with Crippen LogP contribution in [0.4, 0.5) is 0 Å². The Balaban J connectivity index is 4.68. The van der Waals surface area contributed by atoms with Gasteiger partial charge in [-0.05, 0) is 6.92 Å². The first-order chi connectivity index (χ1) is 6.02. The summed E-state index contributed by atoms with van der Waals surface area (Å²) in [6.07, 6.45) is 0.932. The molecule has 0 amide bonds. The molecule has 0 aliphatic rings. The number of allylic oxidation sites excluding steroid dienone is 1. The van der Waals surface area contributed by atoms with Crippen LogP contribution in [0.2, 0.25) is 0 Å². The van der Waals surface area contributed by atoms with E-state index >= 15 is 0 Å². The normalized spacial score (nSPS) is 11.5. The fourth-order valence-corrected chi connectivity index (χ4v) is 0.741. The van der Waals surface area contributed by atoms with Gasteiger partial charge in [0.2, 0.25) is 0 Å². The minimum atomic E-state index is -1.17. The quantitative estimate of drug-likeness (QED) is 0.325. The van der Waals surface area contributed by atoms with Gasteiger partial charge in [0.15, 0.2) is 0 Å². The fraction of sp³-hybridized carbons (Fsp3) is 0.250. The Labute approximate surface area is 80.4 Å². The maximum absolute atomic E-state index is 10.7. The van der Waals surface area contributed by atoms with Crippen LogP contribution in [0.1, 0.15) is 6.92 Å². The average molecular weight is 205 g/mol. The van der Waals surface area contributed by atoms with E-state index in [-0.39, 0.29) is 17.2 Å². The van der Waals surface area contributed by atoms with E-state index in [0.717, 1.165) is 6.08 Å². The van der Waals surface area contributed by atoms with Crippen molar-refractivity contribution in [1.82, 2.24) is 0 Å². The summed E-state index contributed by atoms with van der Waals surface area (Å²) in [6.45, 7) is 4.47. The number of carbonyl (C=O) groups is 2. The van der Waals surface area contributed by atoms with Crippen LogP contribution in [-0.4, -0.2) is 22.9 Å². The van der Waals surface area contributed by atoms with E-state index in [1.807, 2.05) is 0 Å². The Kier molecular flexibility index (Phi) is 4.84. The number of halogens is 1. The lowest BCUT2D eigenvalue weighted by molar-refractivity contribution is -0.134. The number of esters is 1. The van der Waals surface area contributed by atoms with Crippen molar-refractivity contribution in [3.05, 3.63) is 24.0 Å². The summed E-state index contributed by atoms with van der Waals surface area (Å²) >= 11 is 5.37. The van der Waals surface area contributed by atoms with Gasteiger partial charge >= 0.3 is 11.9 Å². The zero-order valence-corrected chi connectivity index (χ0v) is 7.80. The Morgan fingerprint density at radius 2 is 2.15 bits per heavy atom. The molecule has 0 bridgehead atoms. The van der Waals surface area contributed by atoms with Crippen LogP contribution in [0.5, 0.6) is 0 Å². The number of carbonyl (C=O) groups excluding carboxylic acids is 1. The Morgan fingerprint density at radius 3 is 2.46 bits per heavy atom.